The molecule has 0 saturated carbocycles. The second kappa shape index (κ2) is 7.17. The number of methoxy groups -OCH3 is 1. The number of Topliss-reactive ketones (excluding diaryl/α,β-unsaturated/α-hetero) is 1. The van der Waals surface area contributed by atoms with Crippen molar-refractivity contribution in [3.63, 3.8) is 0 Å². The highest BCUT2D eigenvalue weighted by Gasteiger charge is 2.63. The molecule has 6 nitrogen and oxygen atoms in total. The highest BCUT2D eigenvalue weighted by molar-refractivity contribution is 5.89. The molecule has 30 heavy (non-hydrogen) atoms. The molecule has 2 aliphatic heterocycles. The molecule has 0 spiro atoms. The molecule has 1 fully saturated rings. The van der Waals surface area contributed by atoms with E-state index < -0.39 is 29.4 Å². The van der Waals surface area contributed by atoms with Gasteiger partial charge in [-0.1, -0.05) is 36.4 Å². The van der Waals surface area contributed by atoms with E-state index in [4.69, 9.17) is 4.74 Å². The highest BCUT2D eigenvalue weighted by atomic mass is 16.5. The van der Waals surface area contributed by atoms with Crippen LogP contribution in [0.15, 0.2) is 54.7 Å². The van der Waals surface area contributed by atoms with Crippen LogP contribution < -0.4 is 0 Å². The Morgan fingerprint density at radius 1 is 1.07 bits per heavy atom. The van der Waals surface area contributed by atoms with Gasteiger partial charge in [-0.15, -0.1) is 0 Å². The Morgan fingerprint density at radius 3 is 2.33 bits per heavy atom. The molecule has 148 valence electrons. The maximum absolute atomic E-state index is 12.8. The van der Waals surface area contributed by atoms with Crippen molar-refractivity contribution in [2.75, 3.05) is 7.11 Å². The number of benzene rings is 2. The lowest BCUT2D eigenvalue weighted by Gasteiger charge is -2.34. The van der Waals surface area contributed by atoms with Crippen LogP contribution >= 0.6 is 0 Å². The van der Waals surface area contributed by atoms with Crippen molar-refractivity contribution < 1.29 is 14.3 Å². The predicted molar refractivity (Wildman–Crippen MR) is 109 cm³/mol. The van der Waals surface area contributed by atoms with Gasteiger partial charge in [-0.3, -0.25) is 4.79 Å². The molecule has 1 saturated heterocycles. The van der Waals surface area contributed by atoms with Gasteiger partial charge in [-0.05, 0) is 41.8 Å². The van der Waals surface area contributed by atoms with E-state index in [1.54, 1.807) is 24.3 Å². The molecule has 0 aromatic heterocycles. The van der Waals surface area contributed by atoms with Gasteiger partial charge in [0.2, 0.25) is 0 Å². The summed E-state index contributed by atoms with van der Waals surface area (Å²) in [6.07, 6.45) is 3.72. The number of hydrogen-bond acceptors (Lipinski definition) is 6. The quantitative estimate of drug-likeness (QED) is 0.735. The molecule has 0 radical (unpaired) electrons. The molecule has 3 unspecified atom stereocenters. The summed E-state index contributed by atoms with van der Waals surface area (Å²) in [4.78, 5) is 26.4. The Bertz CT molecular complexity index is 1120. The molecule has 0 aliphatic carbocycles. The fourth-order valence-corrected chi connectivity index (χ4v) is 4.77. The molecule has 2 aromatic rings. The fraction of sp³-hybridized carbons (Fsp3) is 0.250. The molecule has 6 heteroatoms. The zero-order valence-corrected chi connectivity index (χ0v) is 16.6. The van der Waals surface area contributed by atoms with Gasteiger partial charge in [0.25, 0.3) is 0 Å². The minimum atomic E-state index is -1.48. The minimum absolute atomic E-state index is 0.126. The maximum Gasteiger partial charge on any atom is 0.337 e. The Morgan fingerprint density at radius 2 is 1.73 bits per heavy atom. The number of rotatable bonds is 3. The predicted octanol–water partition coefficient (Wildman–Crippen LogP) is 3.59. The summed E-state index contributed by atoms with van der Waals surface area (Å²) < 4.78 is 4.75. The van der Waals surface area contributed by atoms with Crippen molar-refractivity contribution in [3.8, 4) is 12.1 Å². The van der Waals surface area contributed by atoms with Crippen molar-refractivity contribution >= 4 is 17.8 Å². The molecule has 2 aliphatic rings. The van der Waals surface area contributed by atoms with Gasteiger partial charge in [0.1, 0.15) is 0 Å². The van der Waals surface area contributed by atoms with Crippen molar-refractivity contribution in [2.45, 2.75) is 24.9 Å². The van der Waals surface area contributed by atoms with Crippen LogP contribution in [0.3, 0.4) is 0 Å². The molecular weight excluding hydrogens is 378 g/mol. The van der Waals surface area contributed by atoms with Crippen LogP contribution in [0.1, 0.15) is 45.9 Å². The molecule has 0 bridgehead atoms. The third kappa shape index (κ3) is 2.62. The van der Waals surface area contributed by atoms with Gasteiger partial charge < -0.3 is 9.64 Å². The smallest absolute Gasteiger partial charge is 0.337 e. The summed E-state index contributed by atoms with van der Waals surface area (Å²) in [6.45, 7) is 1.48. The van der Waals surface area contributed by atoms with Crippen LogP contribution in [0.2, 0.25) is 0 Å². The highest BCUT2D eigenvalue weighted by Crippen LogP contribution is 2.59. The van der Waals surface area contributed by atoms with Crippen LogP contribution in [-0.2, 0) is 9.53 Å². The van der Waals surface area contributed by atoms with Gasteiger partial charge in [0.15, 0.2) is 11.2 Å². The van der Waals surface area contributed by atoms with Crippen LogP contribution in [0.25, 0.3) is 6.08 Å². The first-order valence-electron chi connectivity index (χ1n) is 9.54. The third-order valence-electron chi connectivity index (χ3n) is 6.05. The van der Waals surface area contributed by atoms with Gasteiger partial charge >= 0.3 is 5.97 Å². The van der Waals surface area contributed by atoms with Crippen LogP contribution in [0, 0.1) is 28.1 Å². The van der Waals surface area contributed by atoms with Gasteiger partial charge in [-0.2, -0.15) is 10.5 Å². The van der Waals surface area contributed by atoms with E-state index in [1.807, 2.05) is 41.4 Å². The summed E-state index contributed by atoms with van der Waals surface area (Å²) in [5, 5.41) is 20.6. The third-order valence-corrected chi connectivity index (χ3v) is 6.05. The zero-order chi connectivity index (χ0) is 21.5. The number of fused-ring (bicyclic) bond motifs is 3. The number of carbonyl (C=O) groups excluding carboxylic acids is 2. The van der Waals surface area contributed by atoms with E-state index in [0.29, 0.717) is 11.1 Å². The summed E-state index contributed by atoms with van der Waals surface area (Å²) in [5.41, 5.74) is 1.32. The Labute approximate surface area is 174 Å². The first-order valence-corrected chi connectivity index (χ1v) is 9.54. The lowest BCUT2D eigenvalue weighted by atomic mass is 9.67. The Balaban J connectivity index is 1.92. The van der Waals surface area contributed by atoms with E-state index in [0.717, 1.165) is 11.1 Å². The van der Waals surface area contributed by atoms with Crippen molar-refractivity contribution in [1.29, 1.82) is 10.5 Å². The summed E-state index contributed by atoms with van der Waals surface area (Å²) >= 11 is 0. The number of ketones is 1. The average molecular weight is 397 g/mol. The Hall–Kier alpha value is -3.90. The zero-order valence-electron chi connectivity index (χ0n) is 16.6. The van der Waals surface area contributed by atoms with Crippen molar-refractivity contribution in [3.05, 3.63) is 77.0 Å². The normalized spacial score (nSPS) is 22.9. The van der Waals surface area contributed by atoms with E-state index in [-0.39, 0.29) is 5.78 Å². The minimum Gasteiger partial charge on any atom is -0.465 e. The molecule has 4 rings (SSSR count). The van der Waals surface area contributed by atoms with Crippen molar-refractivity contribution in [2.24, 2.45) is 5.41 Å². The second-order valence-corrected chi connectivity index (χ2v) is 7.53. The topological polar surface area (TPSA) is 94.2 Å². The lowest BCUT2D eigenvalue weighted by molar-refractivity contribution is -0.121. The molecule has 0 N–H and O–H groups in total. The van der Waals surface area contributed by atoms with Crippen LogP contribution in [0.5, 0.6) is 0 Å². The summed E-state index contributed by atoms with van der Waals surface area (Å²) in [6, 6.07) is 17.5. The number of carbonyl (C=O) groups is 2. The summed E-state index contributed by atoms with van der Waals surface area (Å²) in [5.74, 6) is -1.28. The van der Waals surface area contributed by atoms with E-state index in [1.165, 1.54) is 14.0 Å². The number of hydrogen-bond donors (Lipinski definition) is 0. The Kier molecular flexibility index (Phi) is 4.64. The standard InChI is InChI=1S/C24H19N3O3/c1-15(28)21-20(17-7-9-18(10-8-17)23(29)30-2)24(13-25,14-26)22-19-6-4-3-5-16(19)11-12-27(21)22/h3-12,20-22H,1-2H3. The summed E-state index contributed by atoms with van der Waals surface area (Å²) in [7, 11) is 1.30. The SMILES string of the molecule is COC(=O)c1ccc(C2C(C(C)=O)N3C=Cc4ccccc4C3C2(C#N)C#N)cc1. The van der Waals surface area contributed by atoms with E-state index in [2.05, 4.69) is 12.1 Å². The van der Waals surface area contributed by atoms with E-state index in [9.17, 15) is 20.1 Å². The number of esters is 1. The van der Waals surface area contributed by atoms with Crippen LogP contribution in [0.4, 0.5) is 0 Å². The first-order chi connectivity index (χ1) is 14.5. The monoisotopic (exact) mass is 397 g/mol. The number of ether oxygens (including phenoxy) is 1. The molecule has 2 aromatic carbocycles. The first kappa shape index (κ1) is 19.4. The van der Waals surface area contributed by atoms with Crippen molar-refractivity contribution in [1.82, 2.24) is 4.90 Å². The van der Waals surface area contributed by atoms with Crippen LogP contribution in [-0.4, -0.2) is 29.8 Å². The number of nitriles is 2. The van der Waals surface area contributed by atoms with E-state index >= 15 is 0 Å². The molecule has 0 amide bonds. The average Bonchev–Trinajstić information content (AvgIpc) is 3.10. The largest absolute Gasteiger partial charge is 0.465 e. The van der Waals surface area contributed by atoms with Gasteiger partial charge in [0, 0.05) is 12.1 Å². The lowest BCUT2D eigenvalue weighted by Crippen LogP contribution is -2.36. The molecule has 2 heterocycles. The van der Waals surface area contributed by atoms with Gasteiger partial charge in [0.05, 0.1) is 36.9 Å². The van der Waals surface area contributed by atoms with Gasteiger partial charge in [-0.25, -0.2) is 4.79 Å². The molecular formula is C24H19N3O3. The fourth-order valence-electron chi connectivity index (χ4n) is 4.77. The molecule has 3 atom stereocenters. The number of nitrogens with zero attached hydrogens (tertiary/aromatic N) is 3. The maximum atomic E-state index is 12.8. The second-order valence-electron chi connectivity index (χ2n) is 7.53.